The number of hydrogen-bond acceptors (Lipinski definition) is 10. The summed E-state index contributed by atoms with van der Waals surface area (Å²) in [7, 11) is 16.0. The molecule has 10 nitrogen and oxygen atoms in total. The molecule has 2 heterocycles. The average molecular weight is 763 g/mol. The van der Waals surface area contributed by atoms with E-state index in [0.717, 1.165) is 11.1 Å². The van der Waals surface area contributed by atoms with Gasteiger partial charge in [-0.2, -0.15) is 0 Å². The number of carbonyl (C=O) groups excluding carboxylic acids is 2. The summed E-state index contributed by atoms with van der Waals surface area (Å²) in [5.41, 5.74) is 4.45. The summed E-state index contributed by atoms with van der Waals surface area (Å²) in [5.74, 6) is 0.0586. The van der Waals surface area contributed by atoms with Crippen LogP contribution in [-0.4, -0.2) is 62.2 Å². The maximum absolute atomic E-state index is 11.2. The normalized spacial score (nSPS) is 18.4. The first-order valence-electron chi connectivity index (χ1n) is 11.7. The van der Waals surface area contributed by atoms with Crippen molar-refractivity contribution in [3.8, 4) is 0 Å². The summed E-state index contributed by atoms with van der Waals surface area (Å²) in [5, 5.41) is 3.26. The third-order valence-corrected chi connectivity index (χ3v) is 5.52. The van der Waals surface area contributed by atoms with Crippen LogP contribution in [0, 0.1) is 13.8 Å². The van der Waals surface area contributed by atoms with Gasteiger partial charge in [-0.1, -0.05) is 59.7 Å². The second kappa shape index (κ2) is 16.6. The van der Waals surface area contributed by atoms with Crippen molar-refractivity contribution in [3.63, 3.8) is 0 Å². The van der Waals surface area contributed by atoms with Gasteiger partial charge in [-0.05, 0) is 25.0 Å². The van der Waals surface area contributed by atoms with Gasteiger partial charge < -0.3 is 19.1 Å². The standard InChI is InChI=1S/2C13H16N2O3.2ClH.Pt/c2*1-9-4-6-10(7-5-9)13-14-11(18-15(13)2)8-12(16)17-3;;;/h2*4-7,13H,8H2,1-3H3;2*1H;/q;;;;+2/p-2. The van der Waals surface area contributed by atoms with E-state index in [0.29, 0.717) is 11.8 Å². The van der Waals surface area contributed by atoms with Gasteiger partial charge >= 0.3 is 47.3 Å². The SMILES string of the molecule is COC(=O)CC1=NC(c2ccc(C)cc2)N(C)O1.COC(=O)CC1=NC(c2ccc(C)cc2)N(C)O1.[Cl][Pt][Cl]. The zero-order valence-electron chi connectivity index (χ0n) is 22.5. The quantitative estimate of drug-likeness (QED) is 0.378. The second-order valence-corrected chi connectivity index (χ2v) is 11.7. The molecule has 2 aliphatic rings. The van der Waals surface area contributed by atoms with Crippen molar-refractivity contribution in [1.82, 2.24) is 10.1 Å². The Morgan fingerprint density at radius 3 is 1.36 bits per heavy atom. The van der Waals surface area contributed by atoms with Crippen LogP contribution in [0.2, 0.25) is 0 Å². The molecule has 0 aromatic heterocycles. The molecule has 2 unspecified atom stereocenters. The number of hydrogen-bond donors (Lipinski definition) is 0. The van der Waals surface area contributed by atoms with Crippen molar-refractivity contribution in [2.24, 2.45) is 9.98 Å². The summed E-state index contributed by atoms with van der Waals surface area (Å²) in [6, 6.07) is 16.1. The number of esters is 2. The zero-order valence-corrected chi connectivity index (χ0v) is 26.3. The van der Waals surface area contributed by atoms with Crippen LogP contribution in [0.5, 0.6) is 0 Å². The third-order valence-electron chi connectivity index (χ3n) is 5.52. The van der Waals surface area contributed by atoms with Crippen molar-refractivity contribution in [2.75, 3.05) is 28.3 Å². The van der Waals surface area contributed by atoms with E-state index in [-0.39, 0.29) is 37.1 Å². The maximum atomic E-state index is 11.2. The molecule has 0 fully saturated rings. The zero-order chi connectivity index (χ0) is 28.9. The molecule has 2 aromatic rings. The number of nitrogens with zero attached hydrogens (tertiary/aromatic N) is 4. The van der Waals surface area contributed by atoms with Gasteiger partial charge in [0.2, 0.25) is 11.8 Å². The van der Waals surface area contributed by atoms with E-state index in [9.17, 15) is 9.59 Å². The number of aryl methyl sites for hydroxylation is 2. The van der Waals surface area contributed by atoms with Gasteiger partial charge in [0.25, 0.3) is 0 Å². The van der Waals surface area contributed by atoms with Crippen molar-refractivity contribution < 1.29 is 45.2 Å². The number of carbonyl (C=O) groups is 2. The molecule has 0 radical (unpaired) electrons. The molecule has 2 atom stereocenters. The number of benzene rings is 2. The summed E-state index contributed by atoms with van der Waals surface area (Å²) in [6.45, 7) is 4.06. The molecule has 0 amide bonds. The fourth-order valence-electron chi connectivity index (χ4n) is 3.51. The van der Waals surface area contributed by atoms with E-state index in [1.165, 1.54) is 25.3 Å². The number of rotatable bonds is 6. The Bertz CT molecular complexity index is 1060. The fourth-order valence-corrected chi connectivity index (χ4v) is 3.51. The molecule has 0 N–H and O–H groups in total. The molecule has 13 heteroatoms. The van der Waals surface area contributed by atoms with Crippen LogP contribution in [0.15, 0.2) is 58.5 Å². The van der Waals surface area contributed by atoms with Gasteiger partial charge in [0, 0.05) is 14.1 Å². The van der Waals surface area contributed by atoms with E-state index < -0.39 is 16.5 Å². The first-order valence-corrected chi connectivity index (χ1v) is 17.3. The van der Waals surface area contributed by atoms with Gasteiger partial charge in [-0.15, -0.1) is 10.1 Å². The van der Waals surface area contributed by atoms with Crippen molar-refractivity contribution in [1.29, 1.82) is 0 Å². The van der Waals surface area contributed by atoms with Crippen LogP contribution in [0.1, 0.15) is 47.4 Å². The molecular weight excluding hydrogens is 730 g/mol. The third kappa shape index (κ3) is 10.5. The number of hydroxylamine groups is 4. The number of ether oxygens (including phenoxy) is 2. The molecule has 0 saturated carbocycles. The molecule has 0 aliphatic carbocycles. The van der Waals surface area contributed by atoms with Crippen LogP contribution < -0.4 is 0 Å². The molecule has 4 rings (SSSR count). The van der Waals surface area contributed by atoms with Crippen molar-refractivity contribution >= 4 is 42.6 Å². The predicted molar refractivity (Wildman–Crippen MR) is 145 cm³/mol. The summed E-state index contributed by atoms with van der Waals surface area (Å²) in [4.78, 5) is 41.9. The molecule has 0 bridgehead atoms. The number of halogens is 2. The molecular formula is C26H32Cl2N4O6Pt. The van der Waals surface area contributed by atoms with Crippen molar-refractivity contribution in [2.45, 2.75) is 39.0 Å². The Morgan fingerprint density at radius 1 is 0.769 bits per heavy atom. The number of methoxy groups -OCH3 is 2. The van der Waals surface area contributed by atoms with Crippen molar-refractivity contribution in [3.05, 3.63) is 70.8 Å². The first kappa shape index (κ1) is 32.7. The number of aliphatic imine (C=N–C) groups is 2. The minimum atomic E-state index is -0.472. The minimum absolute atomic E-state index is 0.0587. The molecule has 2 aliphatic heterocycles. The first-order chi connectivity index (χ1) is 18.6. The predicted octanol–water partition coefficient (Wildman–Crippen LogP) is 5.04. The van der Waals surface area contributed by atoms with Crippen LogP contribution in [0.25, 0.3) is 0 Å². The van der Waals surface area contributed by atoms with E-state index in [2.05, 4.69) is 19.5 Å². The Labute approximate surface area is 245 Å². The Morgan fingerprint density at radius 2 is 1.08 bits per heavy atom. The van der Waals surface area contributed by atoms with Gasteiger partial charge in [0.15, 0.2) is 12.3 Å². The van der Waals surface area contributed by atoms with Gasteiger partial charge in [-0.3, -0.25) is 9.59 Å². The average Bonchev–Trinajstić information content (AvgIpc) is 3.46. The molecule has 0 spiro atoms. The Balaban J connectivity index is 0.000000249. The van der Waals surface area contributed by atoms with Crippen LogP contribution in [0.4, 0.5) is 0 Å². The Kier molecular flexibility index (Phi) is 13.9. The molecule has 0 saturated heterocycles. The molecule has 2 aromatic carbocycles. The monoisotopic (exact) mass is 761 g/mol. The second-order valence-electron chi connectivity index (χ2n) is 8.44. The molecule has 39 heavy (non-hydrogen) atoms. The van der Waals surface area contributed by atoms with Gasteiger partial charge in [0.05, 0.1) is 14.2 Å². The summed E-state index contributed by atoms with van der Waals surface area (Å²) in [6.07, 6.45) is -0.289. The van der Waals surface area contributed by atoms with E-state index in [1.54, 1.807) is 24.2 Å². The van der Waals surface area contributed by atoms with Gasteiger partial charge in [0.1, 0.15) is 12.8 Å². The van der Waals surface area contributed by atoms with Crippen LogP contribution in [-0.2, 0) is 45.2 Å². The topological polar surface area (TPSA) is 102 Å². The van der Waals surface area contributed by atoms with E-state index in [4.69, 9.17) is 28.5 Å². The van der Waals surface area contributed by atoms with E-state index in [1.807, 2.05) is 62.4 Å². The fraction of sp³-hybridized carbons (Fsp3) is 0.385. The Hall–Kier alpha value is -2.49. The summed E-state index contributed by atoms with van der Waals surface area (Å²) >= 11 is -0.472. The van der Waals surface area contributed by atoms with E-state index >= 15 is 0 Å². The molecule has 216 valence electrons. The summed E-state index contributed by atoms with van der Waals surface area (Å²) < 4.78 is 9.17. The van der Waals surface area contributed by atoms with Crippen LogP contribution in [0.3, 0.4) is 0 Å². The van der Waals surface area contributed by atoms with Gasteiger partial charge in [-0.25, -0.2) is 9.98 Å². The van der Waals surface area contributed by atoms with Crippen LogP contribution >= 0.6 is 18.8 Å².